The minimum absolute atomic E-state index is 0.0744. The molecule has 0 spiro atoms. The molecule has 0 N–H and O–H groups in total. The lowest BCUT2D eigenvalue weighted by Crippen LogP contribution is -2.26. The number of carbonyl (C=O) groups is 1. The van der Waals surface area contributed by atoms with Gasteiger partial charge < -0.3 is 4.74 Å². The summed E-state index contributed by atoms with van der Waals surface area (Å²) >= 11 is 0. The Bertz CT molecular complexity index is 651. The maximum absolute atomic E-state index is 12.1. The SMILES string of the molecule is CCC1=CC(=O)C2C=C(Oc3ccccc3)C=CC2=N1. The molecule has 0 saturated carbocycles. The first kappa shape index (κ1) is 12.6. The largest absolute Gasteiger partial charge is 0.458 e. The minimum atomic E-state index is -0.311. The molecule has 1 atom stereocenters. The zero-order valence-electron chi connectivity index (χ0n) is 11.2. The lowest BCUT2D eigenvalue weighted by Gasteiger charge is -2.20. The molecule has 3 nitrogen and oxygen atoms in total. The summed E-state index contributed by atoms with van der Waals surface area (Å²) in [4.78, 5) is 16.6. The summed E-state index contributed by atoms with van der Waals surface area (Å²) in [6.07, 6.45) is 7.95. The summed E-state index contributed by atoms with van der Waals surface area (Å²) < 4.78 is 5.75. The molecule has 3 heteroatoms. The van der Waals surface area contributed by atoms with E-state index in [1.54, 1.807) is 6.08 Å². The third-order valence-corrected chi connectivity index (χ3v) is 3.30. The zero-order chi connectivity index (χ0) is 13.9. The summed E-state index contributed by atoms with van der Waals surface area (Å²) in [6.45, 7) is 2.00. The van der Waals surface area contributed by atoms with Gasteiger partial charge in [-0.1, -0.05) is 25.1 Å². The van der Waals surface area contributed by atoms with Gasteiger partial charge in [0, 0.05) is 11.8 Å². The number of para-hydroxylation sites is 1. The van der Waals surface area contributed by atoms with Crippen LogP contribution in [0.1, 0.15) is 13.3 Å². The van der Waals surface area contributed by atoms with Crippen LogP contribution in [0.2, 0.25) is 0 Å². The third kappa shape index (κ3) is 2.48. The molecule has 100 valence electrons. The van der Waals surface area contributed by atoms with E-state index in [9.17, 15) is 4.79 Å². The van der Waals surface area contributed by atoms with E-state index in [1.807, 2.05) is 55.5 Å². The minimum Gasteiger partial charge on any atom is -0.458 e. The second kappa shape index (κ2) is 5.29. The number of ether oxygens (including phenoxy) is 1. The number of aliphatic imine (C=N–C) groups is 1. The molecule has 0 bridgehead atoms. The number of ketones is 1. The van der Waals surface area contributed by atoms with Crippen molar-refractivity contribution < 1.29 is 9.53 Å². The molecule has 0 saturated heterocycles. The summed E-state index contributed by atoms with van der Waals surface area (Å²) in [7, 11) is 0. The number of fused-ring (bicyclic) bond motifs is 1. The number of allylic oxidation sites excluding steroid dienone is 5. The van der Waals surface area contributed by atoms with Crippen LogP contribution >= 0.6 is 0 Å². The molecule has 1 unspecified atom stereocenters. The lowest BCUT2D eigenvalue weighted by molar-refractivity contribution is -0.115. The van der Waals surface area contributed by atoms with Crippen molar-refractivity contribution in [1.29, 1.82) is 0 Å². The number of benzene rings is 1. The van der Waals surface area contributed by atoms with Gasteiger partial charge in [-0.15, -0.1) is 0 Å². The number of nitrogens with zero attached hydrogens (tertiary/aromatic N) is 1. The van der Waals surface area contributed by atoms with Crippen molar-refractivity contribution in [2.45, 2.75) is 13.3 Å². The Hall–Kier alpha value is -2.42. The molecule has 0 amide bonds. The zero-order valence-corrected chi connectivity index (χ0v) is 11.2. The van der Waals surface area contributed by atoms with Crippen LogP contribution in [0, 0.1) is 5.92 Å². The molecule has 1 heterocycles. The van der Waals surface area contributed by atoms with Crippen molar-refractivity contribution in [1.82, 2.24) is 0 Å². The Morgan fingerprint density at radius 3 is 2.75 bits per heavy atom. The van der Waals surface area contributed by atoms with Crippen molar-refractivity contribution in [2.24, 2.45) is 10.9 Å². The smallest absolute Gasteiger partial charge is 0.170 e. The van der Waals surface area contributed by atoms with Gasteiger partial charge in [-0.05, 0) is 36.8 Å². The van der Waals surface area contributed by atoms with Gasteiger partial charge in [-0.2, -0.15) is 0 Å². The maximum Gasteiger partial charge on any atom is 0.170 e. The van der Waals surface area contributed by atoms with Crippen molar-refractivity contribution in [3.8, 4) is 5.75 Å². The van der Waals surface area contributed by atoms with Gasteiger partial charge in [0.1, 0.15) is 11.5 Å². The van der Waals surface area contributed by atoms with Crippen LogP contribution < -0.4 is 4.74 Å². The van der Waals surface area contributed by atoms with Crippen LogP contribution in [0.3, 0.4) is 0 Å². The fraction of sp³-hybridized carbons (Fsp3) is 0.176. The van der Waals surface area contributed by atoms with Crippen LogP contribution in [0.25, 0.3) is 0 Å². The maximum atomic E-state index is 12.1. The first-order valence-corrected chi connectivity index (χ1v) is 6.72. The first-order valence-electron chi connectivity index (χ1n) is 6.72. The van der Waals surface area contributed by atoms with E-state index in [0.717, 1.165) is 23.6 Å². The normalized spacial score (nSPS) is 20.8. The second-order valence-electron chi connectivity index (χ2n) is 4.72. The predicted octanol–water partition coefficient (Wildman–Crippen LogP) is 3.45. The highest BCUT2D eigenvalue weighted by Gasteiger charge is 2.26. The van der Waals surface area contributed by atoms with Crippen LogP contribution in [0.5, 0.6) is 5.75 Å². The Kier molecular flexibility index (Phi) is 3.33. The van der Waals surface area contributed by atoms with E-state index in [0.29, 0.717) is 5.76 Å². The fourth-order valence-electron chi connectivity index (χ4n) is 2.24. The van der Waals surface area contributed by atoms with Gasteiger partial charge in [0.05, 0.1) is 11.6 Å². The van der Waals surface area contributed by atoms with E-state index in [2.05, 4.69) is 4.99 Å². The van der Waals surface area contributed by atoms with E-state index < -0.39 is 0 Å². The molecule has 1 aliphatic heterocycles. The van der Waals surface area contributed by atoms with Gasteiger partial charge in [-0.25, -0.2) is 0 Å². The average Bonchev–Trinajstić information content (AvgIpc) is 2.48. The highest BCUT2D eigenvalue weighted by molar-refractivity contribution is 6.18. The summed E-state index contributed by atoms with van der Waals surface area (Å²) in [5.41, 5.74) is 1.64. The van der Waals surface area contributed by atoms with Crippen molar-refractivity contribution >= 4 is 11.5 Å². The van der Waals surface area contributed by atoms with E-state index in [1.165, 1.54) is 0 Å². The molecular weight excluding hydrogens is 250 g/mol. The molecule has 20 heavy (non-hydrogen) atoms. The standard InChI is InChI=1S/C17H15NO2/c1-2-12-10-17(19)15-11-14(8-9-16(15)18-12)20-13-6-4-3-5-7-13/h3-11,15H,2H2,1H3. The quantitative estimate of drug-likeness (QED) is 0.839. The van der Waals surface area contributed by atoms with Crippen molar-refractivity contribution in [3.05, 3.63) is 66.1 Å². The van der Waals surface area contributed by atoms with Gasteiger partial charge in [0.25, 0.3) is 0 Å². The highest BCUT2D eigenvalue weighted by Crippen LogP contribution is 2.25. The van der Waals surface area contributed by atoms with Crippen LogP contribution in [-0.2, 0) is 4.79 Å². The molecule has 3 rings (SSSR count). The van der Waals surface area contributed by atoms with Gasteiger partial charge in [0.15, 0.2) is 5.78 Å². The summed E-state index contributed by atoms with van der Waals surface area (Å²) in [5.74, 6) is 1.21. The van der Waals surface area contributed by atoms with Crippen LogP contribution in [-0.4, -0.2) is 11.5 Å². The Balaban J connectivity index is 1.83. The van der Waals surface area contributed by atoms with Crippen LogP contribution in [0.15, 0.2) is 71.1 Å². The Morgan fingerprint density at radius 1 is 1.20 bits per heavy atom. The van der Waals surface area contributed by atoms with E-state index in [4.69, 9.17) is 4.74 Å². The summed E-state index contributed by atoms with van der Waals surface area (Å²) in [5, 5.41) is 0. The average molecular weight is 265 g/mol. The number of hydrogen-bond acceptors (Lipinski definition) is 3. The number of rotatable bonds is 3. The Labute approximate surface area is 118 Å². The molecule has 1 aromatic carbocycles. The Morgan fingerprint density at radius 2 is 2.00 bits per heavy atom. The van der Waals surface area contributed by atoms with Crippen molar-refractivity contribution in [3.63, 3.8) is 0 Å². The molecule has 2 aliphatic rings. The molecule has 0 aromatic heterocycles. The van der Waals surface area contributed by atoms with E-state index in [-0.39, 0.29) is 11.7 Å². The topological polar surface area (TPSA) is 38.7 Å². The van der Waals surface area contributed by atoms with Gasteiger partial charge in [-0.3, -0.25) is 9.79 Å². The molecule has 0 fully saturated rings. The number of carbonyl (C=O) groups excluding carboxylic acids is 1. The molecule has 1 aromatic rings. The molecular formula is C17H15NO2. The molecule has 1 aliphatic carbocycles. The summed E-state index contributed by atoms with van der Waals surface area (Å²) in [6, 6.07) is 9.53. The van der Waals surface area contributed by atoms with Gasteiger partial charge >= 0.3 is 0 Å². The number of hydrogen-bond donors (Lipinski definition) is 0. The monoisotopic (exact) mass is 265 g/mol. The molecule has 0 radical (unpaired) electrons. The van der Waals surface area contributed by atoms with Gasteiger partial charge in [0.2, 0.25) is 0 Å². The first-order chi connectivity index (χ1) is 9.76. The van der Waals surface area contributed by atoms with Crippen molar-refractivity contribution in [2.75, 3.05) is 0 Å². The van der Waals surface area contributed by atoms with Crippen LogP contribution in [0.4, 0.5) is 0 Å². The third-order valence-electron chi connectivity index (χ3n) is 3.30. The van der Waals surface area contributed by atoms with E-state index >= 15 is 0 Å². The fourth-order valence-corrected chi connectivity index (χ4v) is 2.24. The predicted molar refractivity (Wildman–Crippen MR) is 78.6 cm³/mol. The lowest BCUT2D eigenvalue weighted by atomic mass is 9.90. The highest BCUT2D eigenvalue weighted by atomic mass is 16.5. The second-order valence-corrected chi connectivity index (χ2v) is 4.72.